The van der Waals surface area contributed by atoms with Crippen LogP contribution >= 0.6 is 35.0 Å². The van der Waals surface area contributed by atoms with Gasteiger partial charge in [0.05, 0.1) is 10.6 Å². The van der Waals surface area contributed by atoms with Crippen molar-refractivity contribution in [3.8, 4) is 11.5 Å². The van der Waals surface area contributed by atoms with Crippen LogP contribution in [0.3, 0.4) is 0 Å². The van der Waals surface area contributed by atoms with E-state index in [1.54, 1.807) is 48.5 Å². The fraction of sp³-hybridized carbons (Fsp3) is 0. The monoisotopic (exact) mass is 513 g/mol. The van der Waals surface area contributed by atoms with E-state index in [0.717, 1.165) is 11.8 Å². The summed E-state index contributed by atoms with van der Waals surface area (Å²) in [7, 11) is 0. The van der Waals surface area contributed by atoms with Gasteiger partial charge in [-0.25, -0.2) is 0 Å². The number of aromatic nitrogens is 2. The lowest BCUT2D eigenvalue weighted by molar-refractivity contribution is -0.384. The number of nitro benzene ring substituents is 1. The Morgan fingerprint density at radius 3 is 2.18 bits per heavy atom. The van der Waals surface area contributed by atoms with Crippen molar-refractivity contribution in [3.63, 3.8) is 0 Å². The summed E-state index contributed by atoms with van der Waals surface area (Å²) in [5.41, 5.74) is 4.12. The number of ketones is 1. The molecule has 0 saturated heterocycles. The maximum absolute atomic E-state index is 13.1. The van der Waals surface area contributed by atoms with Crippen LogP contribution in [0.25, 0.3) is 11.5 Å². The highest BCUT2D eigenvalue weighted by atomic mass is 35.5. The maximum atomic E-state index is 13.1. The summed E-state index contributed by atoms with van der Waals surface area (Å²) in [4.78, 5) is 23.4. The number of halogens is 2. The number of rotatable bonds is 7. The van der Waals surface area contributed by atoms with E-state index in [1.807, 2.05) is 0 Å². The first-order valence-electron chi connectivity index (χ1n) is 9.55. The zero-order valence-electron chi connectivity index (χ0n) is 17.0. The fourth-order valence-electron chi connectivity index (χ4n) is 2.66. The number of hydrogen-bond donors (Lipinski definition) is 1. The Morgan fingerprint density at radius 2 is 1.56 bits per heavy atom. The van der Waals surface area contributed by atoms with Crippen LogP contribution in [0, 0.1) is 10.1 Å². The van der Waals surface area contributed by atoms with Crippen LogP contribution in [0.4, 0.5) is 11.4 Å². The number of Topliss-reactive ketones (excluding diaryl/α,β-unsaturated/α-hetero) is 1. The molecule has 0 fully saturated rings. The van der Waals surface area contributed by atoms with E-state index in [-0.39, 0.29) is 21.8 Å². The summed E-state index contributed by atoms with van der Waals surface area (Å²) in [6.45, 7) is 0. The van der Waals surface area contributed by atoms with E-state index in [9.17, 15) is 14.9 Å². The molecule has 34 heavy (non-hydrogen) atoms. The third-order valence-electron chi connectivity index (χ3n) is 4.35. The van der Waals surface area contributed by atoms with Gasteiger partial charge < -0.3 is 4.42 Å². The number of non-ortho nitro benzene ring substituents is 1. The number of nitro groups is 1. The zero-order chi connectivity index (χ0) is 24.1. The molecule has 1 N–H and O–H groups in total. The van der Waals surface area contributed by atoms with Gasteiger partial charge in [-0.2, -0.15) is 5.10 Å². The highest BCUT2D eigenvalue weighted by Gasteiger charge is 2.20. The lowest BCUT2D eigenvalue weighted by Gasteiger charge is -2.05. The van der Waals surface area contributed by atoms with Crippen LogP contribution in [0.2, 0.25) is 10.0 Å². The van der Waals surface area contributed by atoms with Gasteiger partial charge in [0.25, 0.3) is 10.9 Å². The lowest BCUT2D eigenvalue weighted by Crippen LogP contribution is -2.13. The van der Waals surface area contributed by atoms with Crippen LogP contribution in [0.15, 0.2) is 87.5 Å². The molecule has 0 aliphatic carbocycles. The van der Waals surface area contributed by atoms with E-state index >= 15 is 0 Å². The Balaban J connectivity index is 1.60. The minimum Gasteiger partial charge on any atom is -0.411 e. The average Bonchev–Trinajstić information content (AvgIpc) is 3.31. The van der Waals surface area contributed by atoms with E-state index in [0.29, 0.717) is 26.9 Å². The third-order valence-corrected chi connectivity index (χ3v) is 5.66. The molecule has 9 nitrogen and oxygen atoms in total. The number of benzene rings is 3. The fourth-order valence-corrected chi connectivity index (χ4v) is 3.58. The summed E-state index contributed by atoms with van der Waals surface area (Å²) in [5.74, 6) is -0.164. The first-order valence-corrected chi connectivity index (χ1v) is 11.1. The Kier molecular flexibility index (Phi) is 7.21. The molecule has 0 amide bonds. The summed E-state index contributed by atoms with van der Waals surface area (Å²) in [5, 5.41) is 24.2. The first kappa shape index (κ1) is 23.4. The number of nitrogens with zero attached hydrogens (tertiary/aromatic N) is 4. The van der Waals surface area contributed by atoms with Gasteiger partial charge in [-0.15, -0.1) is 10.2 Å². The van der Waals surface area contributed by atoms with E-state index < -0.39 is 10.7 Å². The van der Waals surface area contributed by atoms with Crippen molar-refractivity contribution >= 4 is 57.2 Å². The second-order valence-corrected chi connectivity index (χ2v) is 8.46. The van der Waals surface area contributed by atoms with Gasteiger partial charge in [0.1, 0.15) is 0 Å². The summed E-state index contributed by atoms with van der Waals surface area (Å²) in [6.07, 6.45) is 0. The molecule has 3 aromatic carbocycles. The standard InChI is InChI=1S/C22H13Cl2N5O4S/c23-15-5-1-13(2-6-15)19(30)21(27-25-17-9-11-18(12-10-17)29(31)32)34-22-28-26-20(33-22)14-3-7-16(24)8-4-14/h1-12,25H/b27-21+. The molecule has 0 aliphatic heterocycles. The topological polar surface area (TPSA) is 124 Å². The Morgan fingerprint density at radius 1 is 0.941 bits per heavy atom. The Hall–Kier alpha value is -3.73. The molecule has 170 valence electrons. The van der Waals surface area contributed by atoms with Crippen LogP contribution in [-0.4, -0.2) is 25.9 Å². The van der Waals surface area contributed by atoms with Crippen molar-refractivity contribution in [2.75, 3.05) is 5.43 Å². The van der Waals surface area contributed by atoms with Gasteiger partial charge >= 0.3 is 0 Å². The van der Waals surface area contributed by atoms with Gasteiger partial charge in [-0.05, 0) is 72.4 Å². The first-order chi connectivity index (χ1) is 16.4. The van der Waals surface area contributed by atoms with Crippen LogP contribution in [0.1, 0.15) is 10.4 Å². The summed E-state index contributed by atoms with van der Waals surface area (Å²) < 4.78 is 5.68. The van der Waals surface area contributed by atoms with Gasteiger partial charge in [0, 0.05) is 33.3 Å². The molecule has 0 atom stereocenters. The van der Waals surface area contributed by atoms with Crippen LogP contribution in [0.5, 0.6) is 0 Å². The van der Waals surface area contributed by atoms with Crippen molar-refractivity contribution in [1.82, 2.24) is 10.2 Å². The molecule has 0 saturated carbocycles. The smallest absolute Gasteiger partial charge is 0.283 e. The minimum atomic E-state index is -0.508. The molecule has 1 aromatic heterocycles. The average molecular weight is 514 g/mol. The van der Waals surface area contributed by atoms with Crippen molar-refractivity contribution in [2.24, 2.45) is 5.10 Å². The minimum absolute atomic E-state index is 0.00646. The van der Waals surface area contributed by atoms with E-state index in [4.69, 9.17) is 27.6 Å². The molecule has 12 heteroatoms. The third kappa shape index (κ3) is 5.79. The van der Waals surface area contributed by atoms with Gasteiger partial charge in [0.15, 0.2) is 5.04 Å². The maximum Gasteiger partial charge on any atom is 0.283 e. The number of carbonyl (C=O) groups is 1. The van der Waals surface area contributed by atoms with E-state index in [2.05, 4.69) is 20.7 Å². The molecular formula is C22H13Cl2N5O4S. The van der Waals surface area contributed by atoms with Gasteiger partial charge in [-0.1, -0.05) is 23.2 Å². The predicted octanol–water partition coefficient (Wildman–Crippen LogP) is 6.35. The second kappa shape index (κ2) is 10.5. The highest BCUT2D eigenvalue weighted by Crippen LogP contribution is 2.27. The van der Waals surface area contributed by atoms with Crippen LogP contribution in [-0.2, 0) is 0 Å². The summed E-state index contributed by atoms with van der Waals surface area (Å²) in [6, 6.07) is 18.8. The molecule has 0 unspecified atom stereocenters. The van der Waals surface area contributed by atoms with Gasteiger partial charge in [0.2, 0.25) is 11.7 Å². The van der Waals surface area contributed by atoms with Crippen molar-refractivity contribution in [2.45, 2.75) is 5.22 Å². The molecule has 0 spiro atoms. The van der Waals surface area contributed by atoms with Crippen molar-refractivity contribution in [3.05, 3.63) is 98.5 Å². The number of anilines is 1. The molecule has 0 radical (unpaired) electrons. The number of carbonyl (C=O) groups excluding carboxylic acids is 1. The van der Waals surface area contributed by atoms with Crippen LogP contribution < -0.4 is 5.43 Å². The molecule has 0 aliphatic rings. The summed E-state index contributed by atoms with van der Waals surface area (Å²) >= 11 is 12.7. The quantitative estimate of drug-likeness (QED) is 0.0756. The number of hydrogen-bond acceptors (Lipinski definition) is 9. The Bertz CT molecular complexity index is 1360. The number of hydrazone groups is 1. The number of thioether (sulfide) groups is 1. The normalized spacial score (nSPS) is 11.3. The van der Waals surface area contributed by atoms with Gasteiger partial charge in [-0.3, -0.25) is 20.3 Å². The molecule has 4 aromatic rings. The number of nitrogens with one attached hydrogen (secondary N) is 1. The molecular weight excluding hydrogens is 501 g/mol. The largest absolute Gasteiger partial charge is 0.411 e. The van der Waals surface area contributed by atoms with Crippen molar-refractivity contribution in [1.29, 1.82) is 0 Å². The second-order valence-electron chi connectivity index (χ2n) is 6.65. The SMILES string of the molecule is O=C(/C(=N\Nc1ccc([N+](=O)[O-])cc1)Sc1nnc(-c2ccc(Cl)cc2)o1)c1ccc(Cl)cc1. The zero-order valence-corrected chi connectivity index (χ0v) is 19.3. The Labute approximate surface area is 206 Å². The lowest BCUT2D eigenvalue weighted by atomic mass is 10.1. The molecule has 0 bridgehead atoms. The van der Waals surface area contributed by atoms with E-state index in [1.165, 1.54) is 24.3 Å². The molecule has 4 rings (SSSR count). The van der Waals surface area contributed by atoms with Crippen molar-refractivity contribution < 1.29 is 14.1 Å². The molecule has 1 heterocycles. The predicted molar refractivity (Wildman–Crippen MR) is 131 cm³/mol. The highest BCUT2D eigenvalue weighted by molar-refractivity contribution is 8.15.